The first kappa shape index (κ1) is 14.9. The third kappa shape index (κ3) is 4.29. The molecule has 0 aliphatic heterocycles. The van der Waals surface area contributed by atoms with Gasteiger partial charge in [0.15, 0.2) is 0 Å². The van der Waals surface area contributed by atoms with Crippen LogP contribution in [0.5, 0.6) is 0 Å². The van der Waals surface area contributed by atoms with E-state index in [2.05, 4.69) is 10.3 Å². The molecule has 18 heavy (non-hydrogen) atoms. The van der Waals surface area contributed by atoms with Crippen LogP contribution in [0.15, 0.2) is 18.3 Å². The van der Waals surface area contributed by atoms with Gasteiger partial charge in [0.2, 0.25) is 0 Å². The summed E-state index contributed by atoms with van der Waals surface area (Å²) in [6.07, 6.45) is -1.02. The Bertz CT molecular complexity index is 423. The highest BCUT2D eigenvalue weighted by Crippen LogP contribution is 2.33. The van der Waals surface area contributed by atoms with E-state index >= 15 is 0 Å². The lowest BCUT2D eigenvalue weighted by molar-refractivity contribution is -0.137. The average molecular weight is 280 g/mol. The van der Waals surface area contributed by atoms with E-state index in [4.69, 9.17) is 0 Å². The molecule has 1 N–H and O–H groups in total. The molecule has 1 aromatic heterocycles. The number of hydrogen-bond acceptors (Lipinski definition) is 3. The number of aromatic nitrogens is 1. The smallest absolute Gasteiger partial charge is 0.370 e. The predicted octanol–water partition coefficient (Wildman–Crippen LogP) is 2.67. The van der Waals surface area contributed by atoms with E-state index < -0.39 is 22.5 Å². The summed E-state index contributed by atoms with van der Waals surface area (Å²) >= 11 is 0. The summed E-state index contributed by atoms with van der Waals surface area (Å²) in [5.41, 5.74) is -0.782. The van der Waals surface area contributed by atoms with Crippen molar-refractivity contribution < 1.29 is 17.4 Å². The largest absolute Gasteiger partial charge is 0.419 e. The van der Waals surface area contributed by atoms with Crippen molar-refractivity contribution in [3.05, 3.63) is 23.9 Å². The number of rotatable bonds is 5. The topological polar surface area (TPSA) is 42.0 Å². The minimum Gasteiger partial charge on any atom is -0.370 e. The van der Waals surface area contributed by atoms with Crippen LogP contribution < -0.4 is 5.32 Å². The molecule has 0 saturated heterocycles. The van der Waals surface area contributed by atoms with Crippen LogP contribution in [-0.4, -0.2) is 27.2 Å². The lowest BCUT2D eigenvalue weighted by atomic mass is 10.2. The Morgan fingerprint density at radius 2 is 2.17 bits per heavy atom. The highest BCUT2D eigenvalue weighted by atomic mass is 32.2. The second-order valence-corrected chi connectivity index (χ2v) is 5.72. The van der Waals surface area contributed by atoms with Crippen LogP contribution in [0.3, 0.4) is 0 Å². The summed E-state index contributed by atoms with van der Waals surface area (Å²) in [7, 11) is -0.973. The van der Waals surface area contributed by atoms with E-state index in [1.165, 1.54) is 12.3 Å². The van der Waals surface area contributed by atoms with Crippen LogP contribution >= 0.6 is 0 Å². The molecule has 1 aromatic rings. The van der Waals surface area contributed by atoms with Crippen LogP contribution in [0.1, 0.15) is 18.9 Å². The van der Waals surface area contributed by atoms with Crippen molar-refractivity contribution in [2.75, 3.05) is 18.1 Å². The minimum atomic E-state index is -4.42. The van der Waals surface area contributed by atoms with Gasteiger partial charge >= 0.3 is 6.18 Å². The van der Waals surface area contributed by atoms with E-state index in [0.717, 1.165) is 6.07 Å². The fourth-order valence-corrected chi connectivity index (χ4v) is 1.78. The molecule has 7 heteroatoms. The number of anilines is 1. The molecule has 1 rings (SSSR count). The molecule has 3 nitrogen and oxygen atoms in total. The van der Waals surface area contributed by atoms with Gasteiger partial charge in [-0.3, -0.25) is 4.21 Å². The Morgan fingerprint density at radius 3 is 2.72 bits per heavy atom. The zero-order valence-electron chi connectivity index (χ0n) is 10.1. The summed E-state index contributed by atoms with van der Waals surface area (Å²) in [5.74, 6) is -0.181. The quantitative estimate of drug-likeness (QED) is 0.901. The maximum Gasteiger partial charge on any atom is 0.419 e. The Kier molecular flexibility index (Phi) is 5.13. The Balaban J connectivity index is 2.66. The Labute approximate surface area is 106 Å². The van der Waals surface area contributed by atoms with Crippen molar-refractivity contribution in [2.24, 2.45) is 0 Å². The predicted molar refractivity (Wildman–Crippen MR) is 65.9 cm³/mol. The SMILES string of the molecule is CC(CCNc1ncccc1C(F)(F)F)S(C)=O. The summed E-state index contributed by atoms with van der Waals surface area (Å²) in [6.45, 7) is 2.10. The monoisotopic (exact) mass is 280 g/mol. The van der Waals surface area contributed by atoms with Gasteiger partial charge in [0, 0.05) is 35.0 Å². The van der Waals surface area contributed by atoms with E-state index in [1.807, 2.05) is 0 Å². The highest BCUT2D eigenvalue weighted by Gasteiger charge is 2.33. The van der Waals surface area contributed by atoms with Gasteiger partial charge in [-0.15, -0.1) is 0 Å². The van der Waals surface area contributed by atoms with Crippen LogP contribution in [0, 0.1) is 0 Å². The summed E-state index contributed by atoms with van der Waals surface area (Å²) < 4.78 is 49.0. The second kappa shape index (κ2) is 6.17. The van der Waals surface area contributed by atoms with E-state index in [9.17, 15) is 17.4 Å². The molecule has 0 aliphatic carbocycles. The third-order valence-electron chi connectivity index (χ3n) is 2.52. The first-order chi connectivity index (χ1) is 8.32. The molecule has 0 amide bonds. The van der Waals surface area contributed by atoms with Gasteiger partial charge < -0.3 is 5.32 Å². The zero-order chi connectivity index (χ0) is 13.8. The number of hydrogen-bond donors (Lipinski definition) is 1. The van der Waals surface area contributed by atoms with Crippen molar-refractivity contribution in [1.29, 1.82) is 0 Å². The van der Waals surface area contributed by atoms with Crippen molar-refractivity contribution in [2.45, 2.75) is 24.8 Å². The zero-order valence-corrected chi connectivity index (χ0v) is 10.9. The van der Waals surface area contributed by atoms with Crippen molar-refractivity contribution in [1.82, 2.24) is 4.98 Å². The molecule has 102 valence electrons. The molecule has 0 aromatic carbocycles. The van der Waals surface area contributed by atoms with Gasteiger partial charge in [-0.25, -0.2) is 4.98 Å². The first-order valence-corrected chi connectivity index (χ1v) is 7.03. The molecule has 2 unspecified atom stereocenters. The summed E-state index contributed by atoms with van der Waals surface area (Å²) in [5, 5.41) is 2.58. The standard InChI is InChI=1S/C11H15F3N2OS/c1-8(18(2)17)5-7-16-10-9(11(12,13)14)4-3-6-15-10/h3-4,6,8H,5,7H2,1-2H3,(H,15,16). The van der Waals surface area contributed by atoms with Crippen LogP contribution in [-0.2, 0) is 17.0 Å². The molecule has 0 fully saturated rings. The highest BCUT2D eigenvalue weighted by molar-refractivity contribution is 7.84. The summed E-state index contributed by atoms with van der Waals surface area (Å²) in [4.78, 5) is 3.68. The number of alkyl halides is 3. The number of nitrogens with zero attached hydrogens (tertiary/aromatic N) is 1. The Hall–Kier alpha value is -1.11. The summed E-state index contributed by atoms with van der Waals surface area (Å²) in [6, 6.07) is 2.23. The lowest BCUT2D eigenvalue weighted by Gasteiger charge is -2.14. The van der Waals surface area contributed by atoms with E-state index in [1.54, 1.807) is 13.2 Å². The second-order valence-electron chi connectivity index (χ2n) is 3.92. The molecule has 0 spiro atoms. The van der Waals surface area contributed by atoms with Crippen LogP contribution in [0.2, 0.25) is 0 Å². The van der Waals surface area contributed by atoms with Crippen molar-refractivity contribution >= 4 is 16.6 Å². The van der Waals surface area contributed by atoms with Crippen molar-refractivity contribution in [3.8, 4) is 0 Å². The third-order valence-corrected chi connectivity index (χ3v) is 3.89. The van der Waals surface area contributed by atoms with E-state index in [-0.39, 0.29) is 11.1 Å². The van der Waals surface area contributed by atoms with Gasteiger partial charge in [-0.1, -0.05) is 6.92 Å². The molecule has 0 bridgehead atoms. The number of halogens is 3. The van der Waals surface area contributed by atoms with Gasteiger partial charge in [0.25, 0.3) is 0 Å². The average Bonchev–Trinajstić information content (AvgIpc) is 2.28. The van der Waals surface area contributed by atoms with Gasteiger partial charge in [0.05, 0.1) is 5.56 Å². The molecular weight excluding hydrogens is 265 g/mol. The molecule has 2 atom stereocenters. The molecule has 0 radical (unpaired) electrons. The van der Waals surface area contributed by atoms with Crippen LogP contribution in [0.25, 0.3) is 0 Å². The number of nitrogens with one attached hydrogen (secondary N) is 1. The molecule has 0 aliphatic rings. The van der Waals surface area contributed by atoms with E-state index in [0.29, 0.717) is 13.0 Å². The van der Waals surface area contributed by atoms with Crippen molar-refractivity contribution in [3.63, 3.8) is 0 Å². The van der Waals surface area contributed by atoms with Gasteiger partial charge in [-0.2, -0.15) is 13.2 Å². The fourth-order valence-electron chi connectivity index (χ4n) is 1.33. The normalized spacial score (nSPS) is 15.2. The fraction of sp³-hybridized carbons (Fsp3) is 0.545. The minimum absolute atomic E-state index is 0.0597. The molecular formula is C11H15F3N2OS. The Morgan fingerprint density at radius 1 is 1.50 bits per heavy atom. The molecule has 0 saturated carbocycles. The van der Waals surface area contributed by atoms with Gasteiger partial charge in [-0.05, 0) is 18.6 Å². The van der Waals surface area contributed by atoms with Crippen LogP contribution in [0.4, 0.5) is 19.0 Å². The maximum atomic E-state index is 12.6. The lowest BCUT2D eigenvalue weighted by Crippen LogP contribution is -2.17. The van der Waals surface area contributed by atoms with Gasteiger partial charge in [0.1, 0.15) is 5.82 Å². The maximum absolute atomic E-state index is 12.6. The molecule has 1 heterocycles. The number of pyridine rings is 1. The first-order valence-electron chi connectivity index (χ1n) is 5.40.